The van der Waals surface area contributed by atoms with Crippen molar-refractivity contribution in [3.8, 4) is 0 Å². The van der Waals surface area contributed by atoms with Gasteiger partial charge in [-0.15, -0.1) is 0 Å². The second-order valence-corrected chi connectivity index (χ2v) is 7.93. The average molecular weight is 403 g/mol. The molecule has 1 aliphatic rings. The summed E-state index contributed by atoms with van der Waals surface area (Å²) < 4.78 is 0. The van der Waals surface area contributed by atoms with Crippen LogP contribution in [0.2, 0.25) is 5.02 Å². The van der Waals surface area contributed by atoms with E-state index in [1.807, 2.05) is 24.3 Å². The molecule has 2 aromatic carbocycles. The van der Waals surface area contributed by atoms with Crippen LogP contribution < -0.4 is 10.6 Å². The Morgan fingerprint density at radius 1 is 1.00 bits per heavy atom. The van der Waals surface area contributed by atoms with Crippen molar-refractivity contribution in [3.63, 3.8) is 0 Å². The topological polar surface area (TPSA) is 30.5 Å². The molecule has 27 heavy (non-hydrogen) atoms. The Balaban J connectivity index is 1.69. The molecular formula is C21H27ClN4S. The van der Waals surface area contributed by atoms with Crippen molar-refractivity contribution in [2.24, 2.45) is 0 Å². The summed E-state index contributed by atoms with van der Waals surface area (Å²) in [6.07, 6.45) is 0. The molecule has 0 amide bonds. The predicted molar refractivity (Wildman–Crippen MR) is 119 cm³/mol. The minimum absolute atomic E-state index is 0.170. The minimum Gasteiger partial charge on any atom is -0.358 e. The number of rotatable bonds is 5. The summed E-state index contributed by atoms with van der Waals surface area (Å²) in [6, 6.07) is 18.7. The molecule has 2 N–H and O–H groups in total. The highest BCUT2D eigenvalue weighted by Gasteiger charge is 2.28. The summed E-state index contributed by atoms with van der Waals surface area (Å²) in [4.78, 5) is 4.93. The average Bonchev–Trinajstić information content (AvgIpc) is 2.66. The number of thiocarbonyl (C=S) groups is 1. The van der Waals surface area contributed by atoms with Gasteiger partial charge in [0, 0.05) is 42.9 Å². The number of piperazine rings is 1. The molecule has 1 fully saturated rings. The van der Waals surface area contributed by atoms with Crippen molar-refractivity contribution < 1.29 is 0 Å². The predicted octanol–water partition coefficient (Wildman–Crippen LogP) is 4.00. The standard InChI is InChI=1S/C21H27ClN4S/c1-16(23-21(27)24-19-10-8-18(22)9-11-19)20(17-6-4-3-5-7-17)26-14-12-25(2)13-15-26/h3-11,16,20H,12-15H2,1-2H3,(H2,23,24,27)/t16-,20+/m1/s1. The van der Waals surface area contributed by atoms with E-state index in [1.54, 1.807) is 0 Å². The molecule has 2 atom stereocenters. The molecule has 2 aromatic rings. The Morgan fingerprint density at radius 3 is 2.26 bits per heavy atom. The van der Waals surface area contributed by atoms with Crippen LogP contribution in [0.1, 0.15) is 18.5 Å². The molecule has 1 heterocycles. The lowest BCUT2D eigenvalue weighted by Gasteiger charge is -2.41. The Hall–Kier alpha value is -1.66. The van der Waals surface area contributed by atoms with E-state index in [-0.39, 0.29) is 12.1 Å². The lowest BCUT2D eigenvalue weighted by atomic mass is 9.98. The van der Waals surface area contributed by atoms with Crippen LogP contribution >= 0.6 is 23.8 Å². The maximum Gasteiger partial charge on any atom is 0.171 e. The van der Waals surface area contributed by atoms with Crippen LogP contribution in [-0.2, 0) is 0 Å². The highest BCUT2D eigenvalue weighted by atomic mass is 35.5. The van der Waals surface area contributed by atoms with E-state index in [1.165, 1.54) is 5.56 Å². The number of anilines is 1. The second kappa shape index (κ2) is 9.51. The van der Waals surface area contributed by atoms with Crippen LogP contribution in [-0.4, -0.2) is 54.2 Å². The molecule has 0 aliphatic carbocycles. The zero-order valence-electron chi connectivity index (χ0n) is 15.9. The van der Waals surface area contributed by atoms with Gasteiger partial charge in [-0.05, 0) is 56.0 Å². The highest BCUT2D eigenvalue weighted by molar-refractivity contribution is 7.80. The van der Waals surface area contributed by atoms with Gasteiger partial charge in [0.15, 0.2) is 5.11 Å². The lowest BCUT2D eigenvalue weighted by Crippen LogP contribution is -2.52. The first-order valence-electron chi connectivity index (χ1n) is 9.33. The quantitative estimate of drug-likeness (QED) is 0.738. The van der Waals surface area contributed by atoms with Crippen molar-refractivity contribution >= 4 is 34.6 Å². The molecule has 3 rings (SSSR count). The first kappa shape index (κ1) is 20.1. The summed E-state index contributed by atoms with van der Waals surface area (Å²) in [5.74, 6) is 0. The number of nitrogens with zero attached hydrogens (tertiary/aromatic N) is 2. The fourth-order valence-corrected chi connectivity index (χ4v) is 3.98. The van der Waals surface area contributed by atoms with Crippen LogP contribution in [0.5, 0.6) is 0 Å². The number of hydrogen-bond acceptors (Lipinski definition) is 3. The summed E-state index contributed by atoms with van der Waals surface area (Å²) >= 11 is 11.5. The van der Waals surface area contributed by atoms with Crippen LogP contribution in [0.3, 0.4) is 0 Å². The van der Waals surface area contributed by atoms with Gasteiger partial charge in [-0.1, -0.05) is 41.9 Å². The fourth-order valence-electron chi connectivity index (χ4n) is 3.55. The van der Waals surface area contributed by atoms with Gasteiger partial charge >= 0.3 is 0 Å². The fraction of sp³-hybridized carbons (Fsp3) is 0.381. The molecule has 0 unspecified atom stereocenters. The Labute approximate surface area is 172 Å². The van der Waals surface area contributed by atoms with E-state index < -0.39 is 0 Å². The second-order valence-electron chi connectivity index (χ2n) is 7.09. The Morgan fingerprint density at radius 2 is 1.63 bits per heavy atom. The largest absolute Gasteiger partial charge is 0.358 e. The smallest absolute Gasteiger partial charge is 0.171 e. The maximum atomic E-state index is 5.95. The molecule has 0 aromatic heterocycles. The molecular weight excluding hydrogens is 376 g/mol. The lowest BCUT2D eigenvalue weighted by molar-refractivity contribution is 0.0973. The maximum absolute atomic E-state index is 5.95. The molecule has 0 radical (unpaired) electrons. The number of halogens is 1. The van der Waals surface area contributed by atoms with Crippen LogP contribution in [0.25, 0.3) is 0 Å². The van der Waals surface area contributed by atoms with Crippen LogP contribution in [0, 0.1) is 0 Å². The first-order chi connectivity index (χ1) is 13.0. The van der Waals surface area contributed by atoms with E-state index in [4.69, 9.17) is 23.8 Å². The van der Waals surface area contributed by atoms with Gasteiger partial charge in [0.2, 0.25) is 0 Å². The monoisotopic (exact) mass is 402 g/mol. The molecule has 0 bridgehead atoms. The third-order valence-corrected chi connectivity index (χ3v) is 5.48. The highest BCUT2D eigenvalue weighted by Crippen LogP contribution is 2.25. The van der Waals surface area contributed by atoms with Crippen molar-refractivity contribution in [2.45, 2.75) is 19.0 Å². The van der Waals surface area contributed by atoms with Crippen molar-refractivity contribution in [1.29, 1.82) is 0 Å². The molecule has 1 saturated heterocycles. The van der Waals surface area contributed by atoms with Gasteiger partial charge in [-0.2, -0.15) is 0 Å². The van der Waals surface area contributed by atoms with Crippen LogP contribution in [0.4, 0.5) is 5.69 Å². The summed E-state index contributed by atoms with van der Waals surface area (Å²) in [5.41, 5.74) is 2.25. The van der Waals surface area contributed by atoms with E-state index in [0.717, 1.165) is 31.9 Å². The first-order valence-corrected chi connectivity index (χ1v) is 10.1. The van der Waals surface area contributed by atoms with E-state index in [2.05, 4.69) is 64.7 Å². The van der Waals surface area contributed by atoms with Crippen molar-refractivity contribution in [3.05, 3.63) is 65.2 Å². The third-order valence-electron chi connectivity index (χ3n) is 5.01. The molecule has 1 aliphatic heterocycles. The molecule has 4 nitrogen and oxygen atoms in total. The molecule has 0 saturated carbocycles. The molecule has 6 heteroatoms. The van der Waals surface area contributed by atoms with Gasteiger partial charge < -0.3 is 15.5 Å². The van der Waals surface area contributed by atoms with Crippen molar-refractivity contribution in [2.75, 3.05) is 38.5 Å². The number of benzene rings is 2. The van der Waals surface area contributed by atoms with Gasteiger partial charge in [0.1, 0.15) is 0 Å². The zero-order chi connectivity index (χ0) is 19.2. The van der Waals surface area contributed by atoms with E-state index in [0.29, 0.717) is 10.1 Å². The third kappa shape index (κ3) is 5.66. The number of nitrogens with one attached hydrogen (secondary N) is 2. The Kier molecular flexibility index (Phi) is 7.07. The zero-order valence-corrected chi connectivity index (χ0v) is 17.4. The van der Waals surface area contributed by atoms with Gasteiger partial charge in [0.25, 0.3) is 0 Å². The van der Waals surface area contributed by atoms with Gasteiger partial charge in [0.05, 0.1) is 6.04 Å². The minimum atomic E-state index is 0.170. The molecule has 144 valence electrons. The summed E-state index contributed by atoms with van der Waals surface area (Å²) in [6.45, 7) is 6.48. The molecule has 0 spiro atoms. The number of hydrogen-bond donors (Lipinski definition) is 2. The Bertz CT molecular complexity index is 730. The van der Waals surface area contributed by atoms with Gasteiger partial charge in [-0.25, -0.2) is 0 Å². The van der Waals surface area contributed by atoms with Crippen LogP contribution in [0.15, 0.2) is 54.6 Å². The van der Waals surface area contributed by atoms with Gasteiger partial charge in [-0.3, -0.25) is 4.90 Å². The SMILES string of the molecule is C[C@@H](NC(=S)Nc1ccc(Cl)cc1)[C@@H](c1ccccc1)N1CCN(C)CC1. The summed E-state index contributed by atoms with van der Waals surface area (Å²) in [5, 5.41) is 8.07. The summed E-state index contributed by atoms with van der Waals surface area (Å²) in [7, 11) is 2.18. The normalized spacial score (nSPS) is 17.9. The van der Waals surface area contributed by atoms with E-state index in [9.17, 15) is 0 Å². The van der Waals surface area contributed by atoms with E-state index >= 15 is 0 Å². The number of likely N-dealkylation sites (N-methyl/N-ethyl adjacent to an activating group) is 1. The van der Waals surface area contributed by atoms with Crippen molar-refractivity contribution in [1.82, 2.24) is 15.1 Å².